The molecule has 0 unspecified atom stereocenters. The smallest absolute Gasteiger partial charge is 0.207 e. The summed E-state index contributed by atoms with van der Waals surface area (Å²) in [6.07, 6.45) is 5.95. The van der Waals surface area contributed by atoms with E-state index in [1.807, 2.05) is 0 Å². The fraction of sp³-hybridized carbons (Fsp3) is 0.571. The molecular weight excluding hydrogens is 306 g/mol. The first-order valence-corrected chi connectivity index (χ1v) is 9.43. The van der Waals surface area contributed by atoms with Crippen LogP contribution in [0.3, 0.4) is 0 Å². The zero-order chi connectivity index (χ0) is 14.9. The lowest BCUT2D eigenvalue weighted by Crippen LogP contribution is -2.32. The molecule has 0 amide bonds. The molecular formula is C14H19N3O2S2. The summed E-state index contributed by atoms with van der Waals surface area (Å²) < 4.78 is 35.3. The van der Waals surface area contributed by atoms with Crippen LogP contribution in [0.25, 0.3) is 11.0 Å². The largest absolute Gasteiger partial charge is 0.245 e. The molecule has 0 N–H and O–H groups in total. The highest BCUT2D eigenvalue weighted by Gasteiger charge is 2.27. The van der Waals surface area contributed by atoms with E-state index in [0.717, 1.165) is 24.6 Å². The van der Waals surface area contributed by atoms with Gasteiger partial charge < -0.3 is 0 Å². The molecule has 1 saturated carbocycles. The molecule has 0 atom stereocenters. The van der Waals surface area contributed by atoms with Gasteiger partial charge in [-0.2, -0.15) is 8.75 Å². The molecule has 1 aliphatic rings. The highest BCUT2D eigenvalue weighted by molar-refractivity contribution is 7.89. The average molecular weight is 325 g/mol. The monoisotopic (exact) mass is 325 g/mol. The van der Waals surface area contributed by atoms with Crippen molar-refractivity contribution in [2.45, 2.75) is 37.0 Å². The molecule has 5 nitrogen and oxygen atoms in total. The molecule has 0 saturated heterocycles. The van der Waals surface area contributed by atoms with Gasteiger partial charge in [0, 0.05) is 13.6 Å². The average Bonchev–Trinajstić information content (AvgIpc) is 2.96. The molecule has 1 aromatic carbocycles. The normalized spacial score (nSPS) is 17.6. The second-order valence-electron chi connectivity index (χ2n) is 5.68. The quantitative estimate of drug-likeness (QED) is 0.867. The third-order valence-corrected chi connectivity index (χ3v) is 6.57. The van der Waals surface area contributed by atoms with Crippen LogP contribution in [-0.4, -0.2) is 35.1 Å². The van der Waals surface area contributed by atoms with Crippen molar-refractivity contribution in [1.82, 2.24) is 13.1 Å². The first kappa shape index (κ1) is 14.9. The number of sulfonamides is 1. The molecule has 1 heterocycles. The van der Waals surface area contributed by atoms with Crippen molar-refractivity contribution in [1.29, 1.82) is 0 Å². The van der Waals surface area contributed by atoms with Crippen molar-refractivity contribution in [2.75, 3.05) is 13.6 Å². The Balaban J connectivity index is 1.87. The van der Waals surface area contributed by atoms with Crippen LogP contribution in [0.1, 0.15) is 32.1 Å². The highest BCUT2D eigenvalue weighted by atomic mass is 32.2. The first-order valence-electron chi connectivity index (χ1n) is 7.26. The molecule has 3 rings (SSSR count). The molecule has 0 spiro atoms. The summed E-state index contributed by atoms with van der Waals surface area (Å²) in [5, 5.41) is 0. The third kappa shape index (κ3) is 2.95. The Hall–Kier alpha value is -1.05. The van der Waals surface area contributed by atoms with E-state index in [4.69, 9.17) is 0 Å². The van der Waals surface area contributed by atoms with E-state index < -0.39 is 10.0 Å². The number of benzene rings is 1. The fourth-order valence-corrected chi connectivity index (χ4v) is 4.98. The maximum absolute atomic E-state index is 12.8. The highest BCUT2D eigenvalue weighted by Crippen LogP contribution is 2.28. The van der Waals surface area contributed by atoms with Crippen molar-refractivity contribution in [2.24, 2.45) is 5.92 Å². The lowest BCUT2D eigenvalue weighted by molar-refractivity contribution is 0.300. The lowest BCUT2D eigenvalue weighted by Gasteiger charge is -2.26. The molecule has 1 aliphatic carbocycles. The summed E-state index contributed by atoms with van der Waals surface area (Å²) in [4.78, 5) is 0.270. The van der Waals surface area contributed by atoms with E-state index in [2.05, 4.69) is 8.75 Å². The van der Waals surface area contributed by atoms with Gasteiger partial charge in [-0.3, -0.25) is 0 Å². The number of aromatic nitrogens is 2. The lowest BCUT2D eigenvalue weighted by atomic mass is 9.89. The molecule has 0 bridgehead atoms. The van der Waals surface area contributed by atoms with E-state index in [9.17, 15) is 8.42 Å². The second-order valence-corrected chi connectivity index (χ2v) is 8.22. The van der Waals surface area contributed by atoms with E-state index in [1.165, 1.54) is 23.6 Å². The van der Waals surface area contributed by atoms with Crippen LogP contribution < -0.4 is 0 Å². The summed E-state index contributed by atoms with van der Waals surface area (Å²) >= 11 is 1.05. The van der Waals surface area contributed by atoms with Crippen molar-refractivity contribution >= 4 is 32.8 Å². The molecule has 1 aromatic heterocycles. The standard InChI is InChI=1S/C14H19N3O2S2/c1-17(10-11-6-3-2-4-7-11)21(18,19)13-9-5-8-12-14(13)16-20-15-12/h5,8-9,11H,2-4,6-7,10H2,1H3. The number of hydrogen-bond donors (Lipinski definition) is 0. The minimum absolute atomic E-state index is 0.270. The summed E-state index contributed by atoms with van der Waals surface area (Å²) in [7, 11) is -1.83. The molecule has 2 aromatic rings. The van der Waals surface area contributed by atoms with E-state index in [0.29, 0.717) is 23.5 Å². The predicted octanol–water partition coefficient (Wildman–Crippen LogP) is 2.89. The summed E-state index contributed by atoms with van der Waals surface area (Å²) in [5.74, 6) is 0.478. The number of nitrogens with zero attached hydrogens (tertiary/aromatic N) is 3. The van der Waals surface area contributed by atoms with Gasteiger partial charge in [-0.25, -0.2) is 12.7 Å². The van der Waals surface area contributed by atoms with E-state index >= 15 is 0 Å². The van der Waals surface area contributed by atoms with Crippen molar-refractivity contribution in [3.05, 3.63) is 18.2 Å². The van der Waals surface area contributed by atoms with Gasteiger partial charge in [-0.1, -0.05) is 25.3 Å². The summed E-state index contributed by atoms with van der Waals surface area (Å²) in [6.45, 7) is 0.594. The van der Waals surface area contributed by atoms with Crippen LogP contribution in [0.2, 0.25) is 0 Å². The van der Waals surface area contributed by atoms with Gasteiger partial charge in [-0.15, -0.1) is 0 Å². The fourth-order valence-electron chi connectivity index (χ4n) is 2.99. The molecule has 0 aliphatic heterocycles. The minimum atomic E-state index is -3.50. The Bertz CT molecular complexity index is 721. The van der Waals surface area contributed by atoms with Gasteiger partial charge >= 0.3 is 0 Å². The zero-order valence-corrected chi connectivity index (χ0v) is 13.7. The Morgan fingerprint density at radius 2 is 2.00 bits per heavy atom. The summed E-state index contributed by atoms with van der Waals surface area (Å²) in [5.41, 5.74) is 1.13. The topological polar surface area (TPSA) is 63.2 Å². The van der Waals surface area contributed by atoms with Crippen LogP contribution in [0.5, 0.6) is 0 Å². The maximum Gasteiger partial charge on any atom is 0.245 e. The van der Waals surface area contributed by atoms with Gasteiger partial charge in [0.15, 0.2) is 0 Å². The Morgan fingerprint density at radius 1 is 1.24 bits per heavy atom. The molecule has 1 fully saturated rings. The van der Waals surface area contributed by atoms with Gasteiger partial charge in [0.1, 0.15) is 15.9 Å². The SMILES string of the molecule is CN(CC1CCCCC1)S(=O)(=O)c1cccc2nsnc12. The number of fused-ring (bicyclic) bond motifs is 1. The van der Waals surface area contributed by atoms with Crippen molar-refractivity contribution < 1.29 is 8.42 Å². The third-order valence-electron chi connectivity index (χ3n) is 4.18. The van der Waals surface area contributed by atoms with Gasteiger partial charge in [0.05, 0.1) is 11.7 Å². The van der Waals surface area contributed by atoms with Gasteiger partial charge in [0.2, 0.25) is 10.0 Å². The molecule has 114 valence electrons. The van der Waals surface area contributed by atoms with Crippen LogP contribution >= 0.6 is 11.7 Å². The Morgan fingerprint density at radius 3 is 2.76 bits per heavy atom. The molecule has 21 heavy (non-hydrogen) atoms. The first-order chi connectivity index (χ1) is 10.1. The van der Waals surface area contributed by atoms with E-state index in [-0.39, 0.29) is 4.90 Å². The van der Waals surface area contributed by atoms with Gasteiger partial charge in [-0.05, 0) is 30.9 Å². The number of hydrogen-bond acceptors (Lipinski definition) is 5. The van der Waals surface area contributed by atoms with E-state index in [1.54, 1.807) is 25.2 Å². The van der Waals surface area contributed by atoms with Gasteiger partial charge in [0.25, 0.3) is 0 Å². The van der Waals surface area contributed by atoms with Crippen LogP contribution in [-0.2, 0) is 10.0 Å². The predicted molar refractivity (Wildman–Crippen MR) is 83.8 cm³/mol. The van der Waals surface area contributed by atoms with Crippen molar-refractivity contribution in [3.8, 4) is 0 Å². The number of rotatable bonds is 4. The van der Waals surface area contributed by atoms with Crippen LogP contribution in [0.15, 0.2) is 23.1 Å². The minimum Gasteiger partial charge on any atom is -0.207 e. The maximum atomic E-state index is 12.8. The molecule has 0 radical (unpaired) electrons. The van der Waals surface area contributed by atoms with Crippen molar-refractivity contribution in [3.63, 3.8) is 0 Å². The van der Waals surface area contributed by atoms with Crippen LogP contribution in [0, 0.1) is 5.92 Å². The Kier molecular flexibility index (Phi) is 4.24. The Labute approximate surface area is 129 Å². The van der Waals surface area contributed by atoms with Crippen LogP contribution in [0.4, 0.5) is 0 Å². The summed E-state index contributed by atoms with van der Waals surface area (Å²) in [6, 6.07) is 5.14. The molecule has 7 heteroatoms. The zero-order valence-electron chi connectivity index (χ0n) is 12.0. The second kappa shape index (κ2) is 5.98.